The van der Waals surface area contributed by atoms with Crippen LogP contribution < -0.4 is 10.6 Å². The molecule has 0 heterocycles. The number of nitrogens with one attached hydrogen (secondary N) is 2. The van der Waals surface area contributed by atoms with Crippen LogP contribution in [0.15, 0.2) is 0 Å². The highest BCUT2D eigenvalue weighted by molar-refractivity contribution is 5.79. The molecule has 0 aliphatic rings. The van der Waals surface area contributed by atoms with Gasteiger partial charge in [-0.15, -0.1) is 0 Å². The molecule has 0 rings (SSSR count). The van der Waals surface area contributed by atoms with Gasteiger partial charge in [0.15, 0.2) is 0 Å². The highest BCUT2D eigenvalue weighted by Gasteiger charge is 2.15. The minimum Gasteiger partial charge on any atom is -0.444 e. The molecule has 5 nitrogen and oxygen atoms in total. The SMILES string of the molecule is [CH]C(=O)NCCCNC(=O)OC(C)(C)C. The van der Waals surface area contributed by atoms with Gasteiger partial charge in [-0.05, 0) is 27.2 Å². The fourth-order valence-electron chi connectivity index (χ4n) is 0.805. The maximum atomic E-state index is 11.1. The molecule has 0 atom stereocenters. The van der Waals surface area contributed by atoms with Gasteiger partial charge in [0.25, 0.3) is 0 Å². The van der Waals surface area contributed by atoms with Crippen molar-refractivity contribution in [1.29, 1.82) is 0 Å². The largest absolute Gasteiger partial charge is 0.444 e. The molecule has 0 aromatic carbocycles. The molecule has 2 N–H and O–H groups in total. The average Bonchev–Trinajstić information content (AvgIpc) is 1.99. The van der Waals surface area contributed by atoms with Crippen LogP contribution in [0.3, 0.4) is 0 Å². The molecule has 0 aromatic rings. The van der Waals surface area contributed by atoms with Crippen molar-refractivity contribution in [2.75, 3.05) is 13.1 Å². The minimum absolute atomic E-state index is 0.436. The first-order valence-electron chi connectivity index (χ1n) is 4.81. The van der Waals surface area contributed by atoms with Gasteiger partial charge in [-0.3, -0.25) is 4.79 Å². The topological polar surface area (TPSA) is 67.4 Å². The highest BCUT2D eigenvalue weighted by Crippen LogP contribution is 2.06. The van der Waals surface area contributed by atoms with Crippen LogP contribution in [-0.2, 0) is 9.53 Å². The summed E-state index contributed by atoms with van der Waals surface area (Å²) in [5.41, 5.74) is -0.491. The Bertz CT molecular complexity index is 221. The Morgan fingerprint density at radius 2 is 1.73 bits per heavy atom. The molecule has 0 saturated carbocycles. The molecule has 0 spiro atoms. The Morgan fingerprint density at radius 3 is 2.20 bits per heavy atom. The summed E-state index contributed by atoms with van der Waals surface area (Å²) in [5.74, 6) is -0.563. The zero-order chi connectivity index (χ0) is 11.9. The predicted molar refractivity (Wildman–Crippen MR) is 56.2 cm³/mol. The Labute approximate surface area is 90.6 Å². The number of rotatable bonds is 4. The van der Waals surface area contributed by atoms with Gasteiger partial charge in [-0.1, -0.05) is 0 Å². The van der Waals surface area contributed by atoms with Crippen molar-refractivity contribution < 1.29 is 14.3 Å². The van der Waals surface area contributed by atoms with Crippen molar-refractivity contribution in [3.8, 4) is 0 Å². The molecular formula is C10H18N2O3. The molecule has 0 fully saturated rings. The van der Waals surface area contributed by atoms with Gasteiger partial charge in [0.2, 0.25) is 5.91 Å². The van der Waals surface area contributed by atoms with Crippen LogP contribution >= 0.6 is 0 Å². The second kappa shape index (κ2) is 6.27. The summed E-state index contributed by atoms with van der Waals surface area (Å²) in [5, 5.41) is 4.97. The number of alkyl carbamates (subject to hydrolysis) is 1. The Balaban J connectivity index is 3.44. The van der Waals surface area contributed by atoms with Gasteiger partial charge < -0.3 is 15.4 Å². The average molecular weight is 214 g/mol. The van der Waals surface area contributed by atoms with E-state index in [1.807, 2.05) is 0 Å². The molecule has 2 radical (unpaired) electrons. The fraction of sp³-hybridized carbons (Fsp3) is 0.700. The molecule has 0 aliphatic carbocycles. The van der Waals surface area contributed by atoms with E-state index in [9.17, 15) is 9.59 Å². The van der Waals surface area contributed by atoms with Crippen molar-refractivity contribution in [3.63, 3.8) is 0 Å². The third kappa shape index (κ3) is 10.7. The summed E-state index contributed by atoms with van der Waals surface area (Å²) in [6.45, 7) is 11.1. The number of carbonyl (C=O) groups is 2. The lowest BCUT2D eigenvalue weighted by Crippen LogP contribution is -2.34. The van der Waals surface area contributed by atoms with Crippen LogP contribution in [0.5, 0.6) is 0 Å². The Hall–Kier alpha value is -1.26. The quantitative estimate of drug-likeness (QED) is 0.678. The lowest BCUT2D eigenvalue weighted by Gasteiger charge is -2.19. The zero-order valence-electron chi connectivity index (χ0n) is 9.42. The lowest BCUT2D eigenvalue weighted by atomic mass is 10.2. The Morgan fingerprint density at radius 1 is 1.20 bits per heavy atom. The normalized spacial score (nSPS) is 10.7. The first kappa shape index (κ1) is 13.7. The zero-order valence-corrected chi connectivity index (χ0v) is 9.42. The van der Waals surface area contributed by atoms with Gasteiger partial charge in [0.05, 0.1) is 6.92 Å². The summed E-state index contributed by atoms with van der Waals surface area (Å²) < 4.78 is 5.00. The van der Waals surface area contributed by atoms with Crippen molar-refractivity contribution in [2.24, 2.45) is 0 Å². The standard InChI is InChI=1S/C10H18N2O3/c1-8(13)11-6-5-7-12-9(14)15-10(2,3)4/h1H,5-7H2,2-4H3,(H,11,13)(H,12,14). The van der Waals surface area contributed by atoms with E-state index in [4.69, 9.17) is 11.7 Å². The molecule has 0 unspecified atom stereocenters. The van der Waals surface area contributed by atoms with E-state index in [-0.39, 0.29) is 0 Å². The van der Waals surface area contributed by atoms with E-state index >= 15 is 0 Å². The van der Waals surface area contributed by atoms with E-state index in [0.717, 1.165) is 0 Å². The first-order valence-corrected chi connectivity index (χ1v) is 4.81. The monoisotopic (exact) mass is 214 g/mol. The van der Waals surface area contributed by atoms with Gasteiger partial charge in [-0.25, -0.2) is 4.79 Å². The third-order valence-corrected chi connectivity index (χ3v) is 1.32. The van der Waals surface area contributed by atoms with E-state index in [1.54, 1.807) is 20.8 Å². The predicted octanol–water partition coefficient (Wildman–Crippen LogP) is 0.728. The molecule has 5 heteroatoms. The maximum Gasteiger partial charge on any atom is 0.407 e. The number of carbonyl (C=O) groups excluding carboxylic acids is 2. The minimum atomic E-state index is -0.563. The highest BCUT2D eigenvalue weighted by atomic mass is 16.6. The summed E-state index contributed by atoms with van der Waals surface area (Å²) >= 11 is 0. The molecular weight excluding hydrogens is 196 g/mol. The second-order valence-corrected chi connectivity index (χ2v) is 4.07. The second-order valence-electron chi connectivity index (χ2n) is 4.07. The van der Waals surface area contributed by atoms with Crippen LogP contribution in [0.1, 0.15) is 27.2 Å². The maximum absolute atomic E-state index is 11.1. The smallest absolute Gasteiger partial charge is 0.407 e. The molecule has 86 valence electrons. The lowest BCUT2D eigenvalue weighted by molar-refractivity contribution is -0.116. The van der Waals surface area contributed by atoms with Crippen LogP contribution in [0.2, 0.25) is 0 Å². The van der Waals surface area contributed by atoms with Crippen LogP contribution in [0, 0.1) is 6.92 Å². The van der Waals surface area contributed by atoms with Crippen molar-refractivity contribution in [1.82, 2.24) is 10.6 Å². The number of amides is 2. The molecule has 0 saturated heterocycles. The Kier molecular flexibility index (Phi) is 5.74. The summed E-state index contributed by atoms with van der Waals surface area (Å²) in [4.78, 5) is 21.4. The fourth-order valence-corrected chi connectivity index (χ4v) is 0.805. The molecule has 0 aromatic heterocycles. The van der Waals surface area contributed by atoms with Gasteiger partial charge >= 0.3 is 6.09 Å². The van der Waals surface area contributed by atoms with E-state index in [0.29, 0.717) is 19.5 Å². The van der Waals surface area contributed by atoms with Crippen LogP contribution in [-0.4, -0.2) is 30.7 Å². The number of ether oxygens (including phenoxy) is 1. The van der Waals surface area contributed by atoms with Crippen LogP contribution in [0.25, 0.3) is 0 Å². The third-order valence-electron chi connectivity index (χ3n) is 1.32. The van der Waals surface area contributed by atoms with Crippen molar-refractivity contribution >= 4 is 12.0 Å². The first-order chi connectivity index (χ1) is 6.81. The van der Waals surface area contributed by atoms with E-state index in [2.05, 4.69) is 10.6 Å². The van der Waals surface area contributed by atoms with Gasteiger partial charge in [0, 0.05) is 13.1 Å². The summed E-state index contributed by atoms with van der Waals surface area (Å²) in [7, 11) is 0. The van der Waals surface area contributed by atoms with Gasteiger partial charge in [0.1, 0.15) is 5.60 Å². The molecule has 15 heavy (non-hydrogen) atoms. The molecule has 2 amide bonds. The summed E-state index contributed by atoms with van der Waals surface area (Å²) in [6.07, 6.45) is 0.156. The van der Waals surface area contributed by atoms with Crippen molar-refractivity contribution in [3.05, 3.63) is 6.92 Å². The molecule has 0 bridgehead atoms. The number of hydrogen-bond donors (Lipinski definition) is 2. The summed E-state index contributed by atoms with van der Waals surface area (Å²) in [6, 6.07) is 0. The van der Waals surface area contributed by atoms with Crippen molar-refractivity contribution in [2.45, 2.75) is 32.8 Å². The van der Waals surface area contributed by atoms with E-state index in [1.165, 1.54) is 0 Å². The van der Waals surface area contributed by atoms with E-state index < -0.39 is 17.6 Å². The molecule has 0 aliphatic heterocycles. The van der Waals surface area contributed by atoms with Crippen LogP contribution in [0.4, 0.5) is 4.79 Å². The van der Waals surface area contributed by atoms with Gasteiger partial charge in [-0.2, -0.15) is 0 Å². The number of hydrogen-bond acceptors (Lipinski definition) is 3.